The van der Waals surface area contributed by atoms with Crippen LogP contribution in [0.1, 0.15) is 39.2 Å². The number of pyridine rings is 1. The third-order valence-electron chi connectivity index (χ3n) is 3.89. The van der Waals surface area contributed by atoms with Gasteiger partial charge in [0.15, 0.2) is 0 Å². The van der Waals surface area contributed by atoms with E-state index in [1.165, 1.54) is 0 Å². The quantitative estimate of drug-likeness (QED) is 0.909. The molecule has 19 heavy (non-hydrogen) atoms. The van der Waals surface area contributed by atoms with Crippen molar-refractivity contribution in [2.24, 2.45) is 0 Å². The van der Waals surface area contributed by atoms with Gasteiger partial charge in [-0.25, -0.2) is 0 Å². The first-order valence-electron chi connectivity index (χ1n) is 6.95. The first kappa shape index (κ1) is 14.3. The lowest BCUT2D eigenvalue weighted by Gasteiger charge is -2.41. The molecule has 4 heteroatoms. The van der Waals surface area contributed by atoms with Gasteiger partial charge in [-0.15, -0.1) is 0 Å². The van der Waals surface area contributed by atoms with Crippen LogP contribution >= 0.6 is 0 Å². The summed E-state index contributed by atoms with van der Waals surface area (Å²) in [5, 5.41) is 10.9. The van der Waals surface area contributed by atoms with Crippen molar-refractivity contribution in [3.05, 3.63) is 24.0 Å². The Morgan fingerprint density at radius 2 is 2.21 bits per heavy atom. The van der Waals surface area contributed by atoms with Gasteiger partial charge in [-0.2, -0.15) is 0 Å². The maximum atomic E-state index is 10.9. The SMILES string of the molecule is CC(C)Oc1cncc(C2(O)CCN(C)C(C)C2)c1. The van der Waals surface area contributed by atoms with E-state index in [1.54, 1.807) is 12.4 Å². The fourth-order valence-electron chi connectivity index (χ4n) is 2.60. The first-order chi connectivity index (χ1) is 8.90. The Bertz CT molecular complexity index is 436. The Kier molecular flexibility index (Phi) is 4.11. The molecule has 0 radical (unpaired) electrons. The van der Waals surface area contributed by atoms with Crippen LogP contribution in [-0.4, -0.2) is 40.7 Å². The zero-order valence-corrected chi connectivity index (χ0v) is 12.3. The Hall–Kier alpha value is -1.13. The molecule has 1 saturated heterocycles. The molecule has 0 spiro atoms. The average Bonchev–Trinajstić information content (AvgIpc) is 2.34. The highest BCUT2D eigenvalue weighted by Crippen LogP contribution is 2.36. The lowest BCUT2D eigenvalue weighted by Crippen LogP contribution is -2.45. The molecule has 106 valence electrons. The van der Waals surface area contributed by atoms with E-state index in [0.717, 1.165) is 30.7 Å². The number of aliphatic hydroxyl groups is 1. The number of hydrogen-bond donors (Lipinski definition) is 1. The van der Waals surface area contributed by atoms with Gasteiger partial charge in [0.25, 0.3) is 0 Å². The molecule has 4 nitrogen and oxygen atoms in total. The fraction of sp³-hybridized carbons (Fsp3) is 0.667. The number of rotatable bonds is 3. The van der Waals surface area contributed by atoms with Crippen molar-refractivity contribution in [1.82, 2.24) is 9.88 Å². The first-order valence-corrected chi connectivity index (χ1v) is 6.95. The molecule has 0 aromatic carbocycles. The van der Waals surface area contributed by atoms with Crippen LogP contribution in [0, 0.1) is 0 Å². The molecule has 0 saturated carbocycles. The number of likely N-dealkylation sites (tertiary alicyclic amines) is 1. The molecule has 1 aliphatic heterocycles. The van der Waals surface area contributed by atoms with E-state index in [4.69, 9.17) is 4.74 Å². The minimum absolute atomic E-state index is 0.114. The van der Waals surface area contributed by atoms with Gasteiger partial charge in [-0.05, 0) is 46.7 Å². The van der Waals surface area contributed by atoms with Gasteiger partial charge in [0.05, 0.1) is 17.9 Å². The van der Waals surface area contributed by atoms with Gasteiger partial charge in [-0.3, -0.25) is 4.98 Å². The summed E-state index contributed by atoms with van der Waals surface area (Å²) in [5.41, 5.74) is 0.0838. The summed E-state index contributed by atoms with van der Waals surface area (Å²) in [5.74, 6) is 0.729. The molecule has 0 aliphatic carbocycles. The van der Waals surface area contributed by atoms with Crippen LogP contribution in [0.15, 0.2) is 18.5 Å². The summed E-state index contributed by atoms with van der Waals surface area (Å²) >= 11 is 0. The number of nitrogens with zero attached hydrogens (tertiary/aromatic N) is 2. The van der Waals surface area contributed by atoms with Gasteiger partial charge < -0.3 is 14.7 Å². The molecule has 2 atom stereocenters. The standard InChI is InChI=1S/C15H24N2O2/c1-11(2)19-14-7-13(9-16-10-14)15(18)5-6-17(4)12(3)8-15/h7,9-12,18H,5-6,8H2,1-4H3. The van der Waals surface area contributed by atoms with E-state index in [-0.39, 0.29) is 6.10 Å². The maximum absolute atomic E-state index is 10.9. The van der Waals surface area contributed by atoms with Crippen LogP contribution in [0.3, 0.4) is 0 Å². The Labute approximate surface area is 115 Å². The largest absolute Gasteiger partial charge is 0.489 e. The number of ether oxygens (including phenoxy) is 1. The van der Waals surface area contributed by atoms with Crippen LogP contribution in [-0.2, 0) is 5.60 Å². The minimum Gasteiger partial charge on any atom is -0.489 e. The molecule has 1 aromatic rings. The summed E-state index contributed by atoms with van der Waals surface area (Å²) in [7, 11) is 2.10. The number of hydrogen-bond acceptors (Lipinski definition) is 4. The van der Waals surface area contributed by atoms with Crippen molar-refractivity contribution < 1.29 is 9.84 Å². The van der Waals surface area contributed by atoms with E-state index in [0.29, 0.717) is 6.04 Å². The van der Waals surface area contributed by atoms with Gasteiger partial charge in [0, 0.05) is 24.3 Å². The summed E-state index contributed by atoms with van der Waals surface area (Å²) in [4.78, 5) is 6.48. The second-order valence-corrected chi connectivity index (χ2v) is 5.89. The van der Waals surface area contributed by atoms with Crippen molar-refractivity contribution in [2.75, 3.05) is 13.6 Å². The third-order valence-corrected chi connectivity index (χ3v) is 3.89. The molecule has 0 amide bonds. The number of aromatic nitrogens is 1. The molecular weight excluding hydrogens is 240 g/mol. The average molecular weight is 264 g/mol. The van der Waals surface area contributed by atoms with Crippen LogP contribution in [0.25, 0.3) is 0 Å². The van der Waals surface area contributed by atoms with Crippen LogP contribution in [0.2, 0.25) is 0 Å². The van der Waals surface area contributed by atoms with Gasteiger partial charge in [0.1, 0.15) is 5.75 Å². The van der Waals surface area contributed by atoms with Crippen LogP contribution in [0.4, 0.5) is 0 Å². The monoisotopic (exact) mass is 264 g/mol. The van der Waals surface area contributed by atoms with Gasteiger partial charge in [0.2, 0.25) is 0 Å². The van der Waals surface area contributed by atoms with E-state index in [2.05, 4.69) is 23.9 Å². The predicted molar refractivity (Wildman–Crippen MR) is 75.2 cm³/mol. The Morgan fingerprint density at radius 3 is 2.84 bits per heavy atom. The Balaban J connectivity index is 2.21. The van der Waals surface area contributed by atoms with E-state index in [1.807, 2.05) is 19.9 Å². The van der Waals surface area contributed by atoms with Crippen LogP contribution in [0.5, 0.6) is 5.75 Å². The normalized spacial score (nSPS) is 28.6. The lowest BCUT2D eigenvalue weighted by molar-refractivity contribution is -0.0412. The minimum atomic E-state index is -0.782. The molecule has 1 aromatic heterocycles. The fourth-order valence-corrected chi connectivity index (χ4v) is 2.60. The molecule has 1 N–H and O–H groups in total. The smallest absolute Gasteiger partial charge is 0.138 e. The molecule has 1 fully saturated rings. The summed E-state index contributed by atoms with van der Waals surface area (Å²) in [6, 6.07) is 2.29. The summed E-state index contributed by atoms with van der Waals surface area (Å²) in [6.45, 7) is 7.01. The highest BCUT2D eigenvalue weighted by Gasteiger charge is 2.37. The zero-order chi connectivity index (χ0) is 14.0. The van der Waals surface area contributed by atoms with Gasteiger partial charge in [-0.1, -0.05) is 0 Å². The van der Waals surface area contributed by atoms with Gasteiger partial charge >= 0.3 is 0 Å². The van der Waals surface area contributed by atoms with Crippen molar-refractivity contribution in [3.63, 3.8) is 0 Å². The topological polar surface area (TPSA) is 45.6 Å². The zero-order valence-electron chi connectivity index (χ0n) is 12.3. The summed E-state index contributed by atoms with van der Waals surface area (Å²) < 4.78 is 5.65. The molecule has 1 aliphatic rings. The molecule has 2 heterocycles. The number of piperidine rings is 1. The molecule has 2 unspecified atom stereocenters. The molecule has 0 bridgehead atoms. The second kappa shape index (κ2) is 5.47. The third kappa shape index (κ3) is 3.25. The lowest BCUT2D eigenvalue weighted by atomic mass is 9.82. The molecule has 2 rings (SSSR count). The Morgan fingerprint density at radius 1 is 1.47 bits per heavy atom. The maximum Gasteiger partial charge on any atom is 0.138 e. The molecular formula is C15H24N2O2. The van der Waals surface area contributed by atoms with E-state index < -0.39 is 5.60 Å². The van der Waals surface area contributed by atoms with Crippen molar-refractivity contribution in [1.29, 1.82) is 0 Å². The highest BCUT2D eigenvalue weighted by atomic mass is 16.5. The van der Waals surface area contributed by atoms with Crippen molar-refractivity contribution >= 4 is 0 Å². The van der Waals surface area contributed by atoms with E-state index >= 15 is 0 Å². The van der Waals surface area contributed by atoms with Crippen molar-refractivity contribution in [3.8, 4) is 5.75 Å². The summed E-state index contributed by atoms with van der Waals surface area (Å²) in [6.07, 6.45) is 5.04. The second-order valence-electron chi connectivity index (χ2n) is 5.89. The predicted octanol–water partition coefficient (Wildman–Crippen LogP) is 2.17. The van der Waals surface area contributed by atoms with Crippen molar-refractivity contribution in [2.45, 2.75) is 51.4 Å². The highest BCUT2D eigenvalue weighted by molar-refractivity contribution is 5.29. The van der Waals surface area contributed by atoms with E-state index in [9.17, 15) is 5.11 Å². The van der Waals surface area contributed by atoms with Crippen LogP contribution < -0.4 is 4.74 Å².